The van der Waals surface area contributed by atoms with E-state index in [2.05, 4.69) is 53.6 Å². The van der Waals surface area contributed by atoms with Crippen molar-refractivity contribution in [1.82, 2.24) is 25.8 Å². The Morgan fingerprint density at radius 1 is 0.300 bits per heavy atom. The lowest BCUT2D eigenvalue weighted by Crippen LogP contribution is -2.36. The normalized spacial score (nSPS) is 11.5. The van der Waals surface area contributed by atoms with Crippen molar-refractivity contribution in [2.75, 3.05) is 59.4 Å². The summed E-state index contributed by atoms with van der Waals surface area (Å²) in [5.74, 6) is 0.377. The molecular weight excluding hydrogens is 743 g/mol. The Labute approximate surface area is 374 Å². The Morgan fingerprint density at radius 3 is 0.833 bits per heavy atom. The Kier molecular flexibility index (Phi) is 47.0. The zero-order valence-corrected chi connectivity index (χ0v) is 40.9. The third kappa shape index (κ3) is 45.8. The quantitative estimate of drug-likeness (QED) is 0.0530. The van der Waals surface area contributed by atoms with Gasteiger partial charge in [0.25, 0.3) is 0 Å². The predicted molar refractivity (Wildman–Crippen MR) is 261 cm³/mol. The molecule has 0 aliphatic heterocycles. The molecule has 8 nitrogen and oxygen atoms in total. The van der Waals surface area contributed by atoms with Crippen molar-refractivity contribution in [2.45, 2.75) is 258 Å². The molecule has 0 aromatic carbocycles. The molecule has 356 valence electrons. The molecule has 0 aromatic heterocycles. The van der Waals surface area contributed by atoms with Crippen molar-refractivity contribution in [3.8, 4) is 0 Å². The average molecular weight is 848 g/mol. The van der Waals surface area contributed by atoms with Crippen molar-refractivity contribution >= 4 is 17.7 Å². The Morgan fingerprint density at radius 2 is 0.550 bits per heavy atom. The van der Waals surface area contributed by atoms with Crippen LogP contribution in [0.3, 0.4) is 0 Å². The van der Waals surface area contributed by atoms with Gasteiger partial charge in [0, 0.05) is 58.5 Å². The maximum atomic E-state index is 12.8. The molecule has 0 saturated heterocycles. The molecule has 0 saturated carbocycles. The number of carbonyl (C=O) groups excluding carboxylic acids is 3. The maximum absolute atomic E-state index is 12.8. The fourth-order valence-electron chi connectivity index (χ4n) is 8.14. The molecule has 0 unspecified atom stereocenters. The molecule has 0 aromatic rings. The average Bonchev–Trinajstić information content (AvgIpc) is 3.24. The zero-order valence-electron chi connectivity index (χ0n) is 40.9. The molecule has 8 heteroatoms. The van der Waals surface area contributed by atoms with Crippen LogP contribution in [0, 0.1) is 0 Å². The minimum absolute atomic E-state index is 0.115. The number of nitrogens with one attached hydrogen (secondary N) is 3. The number of rotatable bonds is 49. The summed E-state index contributed by atoms with van der Waals surface area (Å²) < 4.78 is 0. The number of hydrogen-bond donors (Lipinski definition) is 3. The molecule has 60 heavy (non-hydrogen) atoms. The molecule has 0 aliphatic rings. The van der Waals surface area contributed by atoms with Gasteiger partial charge in [-0.2, -0.15) is 0 Å². The number of unbranched alkanes of at least 4 members (excludes halogenated alkanes) is 30. The SMILES string of the molecule is CCCCCCCCCCCCCNC(=O)CCN(C)CCCN(CCC(=O)NCCCCCCCCCCCCC)CCC(=O)NCCCCCCCCCCCCC. The van der Waals surface area contributed by atoms with E-state index in [1.165, 1.54) is 193 Å². The van der Waals surface area contributed by atoms with Crippen LogP contribution in [0.15, 0.2) is 0 Å². The Balaban J connectivity index is 4.36. The predicted octanol–water partition coefficient (Wildman–Crippen LogP) is 13.1. The van der Waals surface area contributed by atoms with Crippen molar-refractivity contribution in [3.63, 3.8) is 0 Å². The Hall–Kier alpha value is -1.67. The van der Waals surface area contributed by atoms with Crippen molar-refractivity contribution in [2.24, 2.45) is 0 Å². The fourth-order valence-corrected chi connectivity index (χ4v) is 8.14. The monoisotopic (exact) mass is 848 g/mol. The second-order valence-corrected chi connectivity index (χ2v) is 18.4. The first-order valence-electron chi connectivity index (χ1n) is 26.6. The van der Waals surface area contributed by atoms with Crippen LogP contribution in [0.1, 0.15) is 258 Å². The summed E-state index contributed by atoms with van der Waals surface area (Å²) >= 11 is 0. The minimum atomic E-state index is 0.115. The second-order valence-electron chi connectivity index (χ2n) is 18.4. The summed E-state index contributed by atoms with van der Waals surface area (Å²) in [6.45, 7) is 12.9. The Bertz CT molecular complexity index is 874. The molecule has 0 spiro atoms. The van der Waals surface area contributed by atoms with E-state index in [1.54, 1.807) is 0 Å². The number of hydrogen-bond acceptors (Lipinski definition) is 5. The highest BCUT2D eigenvalue weighted by atomic mass is 16.2. The highest BCUT2D eigenvalue weighted by molar-refractivity contribution is 5.77. The van der Waals surface area contributed by atoms with Gasteiger partial charge < -0.3 is 25.8 Å². The first kappa shape index (κ1) is 58.3. The van der Waals surface area contributed by atoms with Gasteiger partial charge in [0.05, 0.1) is 0 Å². The van der Waals surface area contributed by atoms with Crippen LogP contribution in [0.2, 0.25) is 0 Å². The summed E-state index contributed by atoms with van der Waals surface area (Å²) in [7, 11) is 2.09. The molecule has 3 amide bonds. The minimum Gasteiger partial charge on any atom is -0.356 e. The lowest BCUT2D eigenvalue weighted by atomic mass is 10.1. The van der Waals surface area contributed by atoms with E-state index in [4.69, 9.17) is 0 Å². The highest BCUT2D eigenvalue weighted by Crippen LogP contribution is 2.13. The number of nitrogens with zero attached hydrogens (tertiary/aromatic N) is 2. The van der Waals surface area contributed by atoms with Gasteiger partial charge in [0.1, 0.15) is 0 Å². The third-order valence-corrected chi connectivity index (χ3v) is 12.4. The highest BCUT2D eigenvalue weighted by Gasteiger charge is 2.12. The van der Waals surface area contributed by atoms with Crippen LogP contribution in [0.5, 0.6) is 0 Å². The molecule has 0 aliphatic carbocycles. The van der Waals surface area contributed by atoms with Gasteiger partial charge in [0.2, 0.25) is 17.7 Å². The topological polar surface area (TPSA) is 93.8 Å². The maximum Gasteiger partial charge on any atom is 0.221 e. The smallest absolute Gasteiger partial charge is 0.221 e. The standard InChI is InChI=1S/C52H105N5O3/c1-5-8-11-14-17-20-23-26-29-32-35-42-53-50(58)39-47-56(4)45-38-46-57(48-40-51(59)54-43-36-33-30-27-24-21-18-15-12-9-6-2)49-41-52(60)55-44-37-34-31-28-25-22-19-16-13-10-7-3/h5-49H2,1-4H3,(H,53,58)(H,54,59)(H,55,60). The van der Waals surface area contributed by atoms with Crippen LogP contribution >= 0.6 is 0 Å². The van der Waals surface area contributed by atoms with Gasteiger partial charge in [0.15, 0.2) is 0 Å². The summed E-state index contributed by atoms with van der Waals surface area (Å²) in [6.07, 6.45) is 45.6. The summed E-state index contributed by atoms with van der Waals surface area (Å²) in [5, 5.41) is 9.42. The van der Waals surface area contributed by atoms with Gasteiger partial charge >= 0.3 is 0 Å². The van der Waals surface area contributed by atoms with Gasteiger partial charge in [-0.25, -0.2) is 0 Å². The fraction of sp³-hybridized carbons (Fsp3) is 0.942. The van der Waals surface area contributed by atoms with E-state index in [9.17, 15) is 14.4 Å². The largest absolute Gasteiger partial charge is 0.356 e. The van der Waals surface area contributed by atoms with Crippen LogP contribution in [-0.2, 0) is 14.4 Å². The van der Waals surface area contributed by atoms with Crippen LogP contribution in [0.4, 0.5) is 0 Å². The van der Waals surface area contributed by atoms with E-state index in [1.807, 2.05) is 0 Å². The summed E-state index contributed by atoms with van der Waals surface area (Å²) in [4.78, 5) is 42.6. The molecule has 0 heterocycles. The molecular formula is C52H105N5O3. The molecule has 0 fully saturated rings. The second kappa shape index (κ2) is 48.4. The molecule has 0 bridgehead atoms. The summed E-state index contributed by atoms with van der Waals surface area (Å²) in [6, 6.07) is 0. The van der Waals surface area contributed by atoms with E-state index in [-0.39, 0.29) is 17.7 Å². The van der Waals surface area contributed by atoms with Gasteiger partial charge in [-0.1, -0.05) is 213 Å². The van der Waals surface area contributed by atoms with Crippen molar-refractivity contribution in [1.29, 1.82) is 0 Å². The van der Waals surface area contributed by atoms with Gasteiger partial charge in [-0.05, 0) is 45.8 Å². The van der Waals surface area contributed by atoms with Crippen LogP contribution < -0.4 is 16.0 Å². The van der Waals surface area contributed by atoms with Crippen LogP contribution in [-0.4, -0.2) is 86.9 Å². The molecule has 0 radical (unpaired) electrons. The van der Waals surface area contributed by atoms with E-state index in [0.29, 0.717) is 32.4 Å². The van der Waals surface area contributed by atoms with Crippen molar-refractivity contribution < 1.29 is 14.4 Å². The van der Waals surface area contributed by atoms with Crippen LogP contribution in [0.25, 0.3) is 0 Å². The zero-order chi connectivity index (χ0) is 43.8. The third-order valence-electron chi connectivity index (χ3n) is 12.4. The number of amides is 3. The van der Waals surface area contributed by atoms with Gasteiger partial charge in [-0.15, -0.1) is 0 Å². The first-order chi connectivity index (χ1) is 29.4. The van der Waals surface area contributed by atoms with Gasteiger partial charge in [-0.3, -0.25) is 14.4 Å². The number of carbonyl (C=O) groups is 3. The lowest BCUT2D eigenvalue weighted by Gasteiger charge is -2.24. The van der Waals surface area contributed by atoms with E-state index < -0.39 is 0 Å². The molecule has 3 N–H and O–H groups in total. The molecule has 0 atom stereocenters. The first-order valence-corrected chi connectivity index (χ1v) is 26.6. The van der Waals surface area contributed by atoms with E-state index in [0.717, 1.165) is 65.0 Å². The lowest BCUT2D eigenvalue weighted by molar-refractivity contribution is -0.122. The van der Waals surface area contributed by atoms with Crippen molar-refractivity contribution in [3.05, 3.63) is 0 Å². The van der Waals surface area contributed by atoms with E-state index >= 15 is 0 Å². The summed E-state index contributed by atoms with van der Waals surface area (Å²) in [5.41, 5.74) is 0. The molecule has 0 rings (SSSR count).